The van der Waals surface area contributed by atoms with Gasteiger partial charge < -0.3 is 19.6 Å². The number of β-amino-alcohol motifs (C(OH)–C–C–N with tert-alkyl or cyclic N) is 1. The maximum Gasteiger partial charge on any atom is 0.269 e. The minimum Gasteiger partial charge on any atom is -0.497 e. The Bertz CT molecular complexity index is 1150. The summed E-state index contributed by atoms with van der Waals surface area (Å²) >= 11 is 0. The third-order valence-electron chi connectivity index (χ3n) is 6.20. The van der Waals surface area contributed by atoms with E-state index in [9.17, 15) is 28.4 Å². The van der Waals surface area contributed by atoms with Gasteiger partial charge in [-0.05, 0) is 36.4 Å². The summed E-state index contributed by atoms with van der Waals surface area (Å²) in [7, 11) is -2.51. The lowest BCUT2D eigenvalue weighted by molar-refractivity contribution is -0.384. The number of amides is 1. The summed E-state index contributed by atoms with van der Waals surface area (Å²) in [6.07, 6.45) is -0.889. The Balaban J connectivity index is 1.44. The molecule has 2 aliphatic heterocycles. The summed E-state index contributed by atoms with van der Waals surface area (Å²) < 4.78 is 32.6. The summed E-state index contributed by atoms with van der Waals surface area (Å²) in [6.45, 7) is 1.61. The van der Waals surface area contributed by atoms with Crippen LogP contribution in [0.2, 0.25) is 0 Å². The second-order valence-corrected chi connectivity index (χ2v) is 10.1. The van der Waals surface area contributed by atoms with E-state index >= 15 is 0 Å². The molecule has 2 aromatic rings. The number of aliphatic hydroxyl groups excluding tert-OH is 1. The van der Waals surface area contributed by atoms with Gasteiger partial charge in [-0.1, -0.05) is 0 Å². The van der Waals surface area contributed by atoms with Crippen LogP contribution in [0.25, 0.3) is 0 Å². The number of aliphatic hydroxyl groups is 1. The van der Waals surface area contributed by atoms with Crippen LogP contribution in [0.5, 0.6) is 5.75 Å². The number of hydrogen-bond donors (Lipinski definition) is 1. The second-order valence-electron chi connectivity index (χ2n) is 8.24. The van der Waals surface area contributed by atoms with Gasteiger partial charge in [-0.3, -0.25) is 14.9 Å². The first-order chi connectivity index (χ1) is 16.2. The number of non-ortho nitro benzene ring substituents is 1. The maximum absolute atomic E-state index is 13.3. The molecule has 0 spiro atoms. The van der Waals surface area contributed by atoms with Crippen LogP contribution in [-0.4, -0.2) is 85.5 Å². The van der Waals surface area contributed by atoms with Crippen molar-refractivity contribution >= 4 is 27.3 Å². The third-order valence-corrected chi connectivity index (χ3v) is 8.09. The Morgan fingerprint density at radius 2 is 1.68 bits per heavy atom. The van der Waals surface area contributed by atoms with Gasteiger partial charge in [0.25, 0.3) is 5.69 Å². The van der Waals surface area contributed by atoms with E-state index in [1.165, 1.54) is 43.5 Å². The molecule has 1 N–H and O–H groups in total. The van der Waals surface area contributed by atoms with Crippen LogP contribution in [-0.2, 0) is 14.8 Å². The molecule has 0 saturated carbocycles. The third kappa shape index (κ3) is 4.69. The average molecular weight is 491 g/mol. The van der Waals surface area contributed by atoms with Gasteiger partial charge in [0.1, 0.15) is 11.8 Å². The number of nitro groups is 1. The van der Waals surface area contributed by atoms with Gasteiger partial charge >= 0.3 is 0 Å². The van der Waals surface area contributed by atoms with Crippen molar-refractivity contribution < 1.29 is 28.0 Å². The average Bonchev–Trinajstić information content (AvgIpc) is 3.26. The number of methoxy groups -OCH3 is 1. The number of sulfonamides is 1. The molecule has 2 heterocycles. The molecule has 2 saturated heterocycles. The fourth-order valence-corrected chi connectivity index (χ4v) is 5.97. The van der Waals surface area contributed by atoms with E-state index in [1.807, 2.05) is 4.90 Å². The molecule has 0 aromatic heterocycles. The van der Waals surface area contributed by atoms with Crippen molar-refractivity contribution in [1.29, 1.82) is 0 Å². The van der Waals surface area contributed by atoms with E-state index in [0.29, 0.717) is 31.9 Å². The number of carbonyl (C=O) groups excluding carboxylic acids is 1. The molecule has 0 radical (unpaired) electrons. The van der Waals surface area contributed by atoms with Crippen LogP contribution in [0, 0.1) is 10.1 Å². The summed E-state index contributed by atoms with van der Waals surface area (Å²) in [6, 6.07) is 11.2. The van der Waals surface area contributed by atoms with Crippen LogP contribution in [0.3, 0.4) is 0 Å². The van der Waals surface area contributed by atoms with Gasteiger partial charge in [-0.2, -0.15) is 4.31 Å². The molecule has 12 heteroatoms. The molecule has 11 nitrogen and oxygen atoms in total. The minimum atomic E-state index is -3.99. The maximum atomic E-state index is 13.3. The number of carbonyl (C=O) groups is 1. The molecular formula is C22H26N4O7S. The smallest absolute Gasteiger partial charge is 0.269 e. The molecule has 2 aromatic carbocycles. The first kappa shape index (κ1) is 23.9. The molecule has 2 fully saturated rings. The number of nitrogens with zero attached hydrogens (tertiary/aromatic N) is 4. The van der Waals surface area contributed by atoms with Crippen molar-refractivity contribution in [1.82, 2.24) is 9.21 Å². The molecule has 2 aliphatic rings. The molecule has 0 aliphatic carbocycles. The zero-order valence-corrected chi connectivity index (χ0v) is 19.4. The Kier molecular flexibility index (Phi) is 6.73. The SMILES string of the molecule is COc1ccc(S(=O)(=O)N2CC(O)C[C@H]2C(=O)N2CCN(c3ccc([N+](=O)[O-])cc3)CC2)cc1. The Morgan fingerprint density at radius 1 is 1.06 bits per heavy atom. The van der Waals surface area contributed by atoms with Gasteiger partial charge in [0.05, 0.1) is 23.0 Å². The normalized spacial score (nSPS) is 21.5. The van der Waals surface area contributed by atoms with E-state index in [1.54, 1.807) is 17.0 Å². The van der Waals surface area contributed by atoms with Crippen LogP contribution in [0.15, 0.2) is 53.4 Å². The lowest BCUT2D eigenvalue weighted by Gasteiger charge is -2.38. The van der Waals surface area contributed by atoms with Gasteiger partial charge in [0.2, 0.25) is 15.9 Å². The zero-order chi connectivity index (χ0) is 24.5. The number of benzene rings is 2. The lowest BCUT2D eigenvalue weighted by Crippen LogP contribution is -2.54. The predicted octanol–water partition coefficient (Wildman–Crippen LogP) is 1.08. The van der Waals surface area contributed by atoms with E-state index < -0.39 is 27.1 Å². The number of rotatable bonds is 6. The lowest BCUT2D eigenvalue weighted by atomic mass is 10.1. The van der Waals surface area contributed by atoms with Crippen molar-refractivity contribution in [2.24, 2.45) is 0 Å². The monoisotopic (exact) mass is 490 g/mol. The highest BCUT2D eigenvalue weighted by Crippen LogP contribution is 2.29. The molecule has 1 amide bonds. The molecule has 182 valence electrons. The Labute approximate surface area is 197 Å². The fraction of sp³-hybridized carbons (Fsp3) is 0.409. The summed E-state index contributed by atoms with van der Waals surface area (Å²) in [5.41, 5.74) is 0.827. The first-order valence-corrected chi connectivity index (χ1v) is 12.3. The van der Waals surface area contributed by atoms with E-state index in [4.69, 9.17) is 4.74 Å². The molecule has 1 unspecified atom stereocenters. The quantitative estimate of drug-likeness (QED) is 0.470. The van der Waals surface area contributed by atoms with E-state index in [-0.39, 0.29) is 29.5 Å². The van der Waals surface area contributed by atoms with Crippen molar-refractivity contribution in [2.45, 2.75) is 23.5 Å². The number of piperazine rings is 1. The summed E-state index contributed by atoms with van der Waals surface area (Å²) in [4.78, 5) is 27.3. The summed E-state index contributed by atoms with van der Waals surface area (Å²) in [5, 5.41) is 21.1. The van der Waals surface area contributed by atoms with Gasteiger partial charge in [-0.25, -0.2) is 8.42 Å². The van der Waals surface area contributed by atoms with Crippen molar-refractivity contribution in [3.8, 4) is 5.75 Å². The topological polar surface area (TPSA) is 134 Å². The van der Waals surface area contributed by atoms with Crippen LogP contribution < -0.4 is 9.64 Å². The molecule has 0 bridgehead atoms. The fourth-order valence-electron chi connectivity index (χ4n) is 4.34. The number of ether oxygens (including phenoxy) is 1. The van der Waals surface area contributed by atoms with Crippen LogP contribution >= 0.6 is 0 Å². The molecular weight excluding hydrogens is 464 g/mol. The van der Waals surface area contributed by atoms with Crippen molar-refractivity contribution in [3.05, 3.63) is 58.6 Å². The van der Waals surface area contributed by atoms with E-state index in [2.05, 4.69) is 0 Å². The number of anilines is 1. The minimum absolute atomic E-state index is 0.00974. The molecule has 4 rings (SSSR count). The molecule has 34 heavy (non-hydrogen) atoms. The Hall–Kier alpha value is -3.22. The van der Waals surface area contributed by atoms with Crippen LogP contribution in [0.4, 0.5) is 11.4 Å². The highest BCUT2D eigenvalue weighted by molar-refractivity contribution is 7.89. The highest BCUT2D eigenvalue weighted by atomic mass is 32.2. The number of nitro benzene ring substituents is 1. The standard InChI is InChI=1S/C22H26N4O7S/c1-33-19-6-8-20(9-7-19)34(31,32)25-15-18(27)14-21(25)22(28)24-12-10-23(11-13-24)16-2-4-17(5-3-16)26(29)30/h2-9,18,21,27H,10-15H2,1H3/t18?,21-/m0/s1. The highest BCUT2D eigenvalue weighted by Gasteiger charge is 2.45. The van der Waals surface area contributed by atoms with Crippen LogP contribution in [0.1, 0.15) is 6.42 Å². The van der Waals surface area contributed by atoms with Crippen molar-refractivity contribution in [3.63, 3.8) is 0 Å². The number of hydrogen-bond acceptors (Lipinski definition) is 8. The van der Waals surface area contributed by atoms with Gasteiger partial charge in [0.15, 0.2) is 0 Å². The summed E-state index contributed by atoms with van der Waals surface area (Å²) in [5.74, 6) is 0.177. The van der Waals surface area contributed by atoms with Gasteiger partial charge in [-0.15, -0.1) is 0 Å². The first-order valence-electron chi connectivity index (χ1n) is 10.8. The Morgan fingerprint density at radius 3 is 2.24 bits per heavy atom. The van der Waals surface area contributed by atoms with Gasteiger partial charge in [0, 0.05) is 57.0 Å². The van der Waals surface area contributed by atoms with Crippen molar-refractivity contribution in [2.75, 3.05) is 44.7 Å². The largest absolute Gasteiger partial charge is 0.497 e. The van der Waals surface area contributed by atoms with E-state index in [0.717, 1.165) is 9.99 Å². The second kappa shape index (κ2) is 9.57. The zero-order valence-electron chi connectivity index (χ0n) is 18.6. The molecule has 2 atom stereocenters. The predicted molar refractivity (Wildman–Crippen MR) is 123 cm³/mol.